The van der Waals surface area contributed by atoms with Crippen molar-refractivity contribution < 1.29 is 19.0 Å². The van der Waals surface area contributed by atoms with Crippen LogP contribution in [0.5, 0.6) is 11.5 Å². The van der Waals surface area contributed by atoms with E-state index in [4.69, 9.17) is 19.2 Å². The molecule has 1 N–H and O–H groups in total. The average Bonchev–Trinajstić information content (AvgIpc) is 3.10. The van der Waals surface area contributed by atoms with Crippen LogP contribution < -0.4 is 14.8 Å². The maximum absolute atomic E-state index is 11.8. The third kappa shape index (κ3) is 5.34. The number of benzene rings is 1. The summed E-state index contributed by atoms with van der Waals surface area (Å²) in [6.45, 7) is 8.25. The molecule has 0 atom stereocenters. The topological polar surface area (TPSA) is 99.9 Å². The first-order valence-corrected chi connectivity index (χ1v) is 10.5. The maximum atomic E-state index is 11.8. The van der Waals surface area contributed by atoms with E-state index in [9.17, 15) is 4.79 Å². The lowest BCUT2D eigenvalue weighted by Crippen LogP contribution is -2.23. The summed E-state index contributed by atoms with van der Waals surface area (Å²) in [5.74, 6) is 2.50. The molecule has 9 nitrogen and oxygen atoms in total. The highest BCUT2D eigenvalue weighted by atomic mass is 16.6. The molecule has 2 heterocycles. The Hall–Kier alpha value is -3.10. The van der Waals surface area contributed by atoms with Crippen LogP contribution in [0.15, 0.2) is 12.1 Å². The third-order valence-corrected chi connectivity index (χ3v) is 4.76. The maximum Gasteiger partial charge on any atom is 0.306 e. The lowest BCUT2D eigenvalue weighted by atomic mass is 10.1. The number of carbonyl (C=O) groups is 1. The molecular weight excluding hydrogens is 398 g/mol. The number of aromatic nitrogens is 4. The molecule has 0 spiro atoms. The van der Waals surface area contributed by atoms with Crippen molar-refractivity contribution in [3.63, 3.8) is 0 Å². The van der Waals surface area contributed by atoms with E-state index in [2.05, 4.69) is 15.5 Å². The van der Waals surface area contributed by atoms with Crippen molar-refractivity contribution in [3.05, 3.63) is 18.0 Å². The number of aryl methyl sites for hydroxylation is 1. The van der Waals surface area contributed by atoms with Crippen LogP contribution in [0.25, 0.3) is 16.7 Å². The summed E-state index contributed by atoms with van der Waals surface area (Å²) in [4.78, 5) is 16.5. The van der Waals surface area contributed by atoms with Crippen LogP contribution in [0, 0.1) is 6.92 Å². The lowest BCUT2D eigenvalue weighted by Gasteiger charge is -2.19. The van der Waals surface area contributed by atoms with Gasteiger partial charge in [-0.1, -0.05) is 6.42 Å². The number of esters is 1. The molecule has 0 amide bonds. The van der Waals surface area contributed by atoms with Crippen molar-refractivity contribution in [3.8, 4) is 11.5 Å². The fourth-order valence-electron chi connectivity index (χ4n) is 3.39. The molecule has 3 rings (SSSR count). The Morgan fingerprint density at radius 3 is 2.45 bits per heavy atom. The van der Waals surface area contributed by atoms with E-state index in [0.717, 1.165) is 36.1 Å². The van der Waals surface area contributed by atoms with E-state index in [0.29, 0.717) is 35.9 Å². The Morgan fingerprint density at radius 1 is 1.06 bits per heavy atom. The van der Waals surface area contributed by atoms with Gasteiger partial charge >= 0.3 is 5.97 Å². The molecule has 0 saturated carbocycles. The number of anilines is 1. The van der Waals surface area contributed by atoms with Gasteiger partial charge in [-0.3, -0.25) is 9.20 Å². The smallest absolute Gasteiger partial charge is 0.306 e. The first-order chi connectivity index (χ1) is 14.7. The SMILES string of the molecule is COc1cc2nc(NCCCCCC(=O)OC(C)(C)C)c3nnc(C)n3c2cc1OC. The van der Waals surface area contributed by atoms with Gasteiger partial charge in [-0.2, -0.15) is 0 Å². The van der Waals surface area contributed by atoms with Gasteiger partial charge < -0.3 is 19.5 Å². The summed E-state index contributed by atoms with van der Waals surface area (Å²) in [6.07, 6.45) is 3.03. The molecule has 31 heavy (non-hydrogen) atoms. The standard InChI is InChI=1S/C22H31N5O4/c1-14-25-26-21-20(23-11-9-7-8-10-19(28)31-22(2,3)4)24-15-12-17(29-5)18(30-6)13-16(15)27(14)21/h12-13H,7-11H2,1-6H3,(H,23,24). The molecular formula is C22H31N5O4. The highest BCUT2D eigenvalue weighted by Crippen LogP contribution is 2.33. The van der Waals surface area contributed by atoms with E-state index in [1.165, 1.54) is 0 Å². The fourth-order valence-corrected chi connectivity index (χ4v) is 3.39. The fraction of sp³-hybridized carbons (Fsp3) is 0.545. The van der Waals surface area contributed by atoms with Crippen molar-refractivity contribution >= 4 is 28.5 Å². The highest BCUT2D eigenvalue weighted by molar-refractivity contribution is 5.85. The number of nitrogens with one attached hydrogen (secondary N) is 1. The minimum Gasteiger partial charge on any atom is -0.493 e. The van der Waals surface area contributed by atoms with Crippen molar-refractivity contribution in [2.45, 2.75) is 59.0 Å². The van der Waals surface area contributed by atoms with E-state index < -0.39 is 5.60 Å². The summed E-state index contributed by atoms with van der Waals surface area (Å²) >= 11 is 0. The number of fused-ring (bicyclic) bond motifs is 3. The first-order valence-electron chi connectivity index (χ1n) is 10.5. The number of rotatable bonds is 9. The second-order valence-corrected chi connectivity index (χ2v) is 8.39. The van der Waals surface area contributed by atoms with Crippen LogP contribution >= 0.6 is 0 Å². The van der Waals surface area contributed by atoms with Crippen molar-refractivity contribution in [2.75, 3.05) is 26.1 Å². The zero-order valence-corrected chi connectivity index (χ0v) is 19.1. The Morgan fingerprint density at radius 2 is 1.77 bits per heavy atom. The van der Waals surface area contributed by atoms with Crippen LogP contribution in [0.1, 0.15) is 52.3 Å². The van der Waals surface area contributed by atoms with Gasteiger partial charge in [0, 0.05) is 25.1 Å². The molecule has 0 radical (unpaired) electrons. The van der Waals surface area contributed by atoms with Gasteiger partial charge in [-0.15, -0.1) is 10.2 Å². The van der Waals surface area contributed by atoms with Gasteiger partial charge in [0.05, 0.1) is 25.3 Å². The van der Waals surface area contributed by atoms with Gasteiger partial charge in [0.25, 0.3) is 0 Å². The Bertz CT molecular complexity index is 1070. The molecule has 3 aromatic rings. The van der Waals surface area contributed by atoms with Crippen LogP contribution in [0.2, 0.25) is 0 Å². The number of carbonyl (C=O) groups excluding carboxylic acids is 1. The lowest BCUT2D eigenvalue weighted by molar-refractivity contribution is -0.154. The molecule has 1 aromatic carbocycles. The van der Waals surface area contributed by atoms with Gasteiger partial charge in [0.2, 0.25) is 5.65 Å². The molecule has 2 aromatic heterocycles. The minimum absolute atomic E-state index is 0.151. The van der Waals surface area contributed by atoms with E-state index >= 15 is 0 Å². The predicted molar refractivity (Wildman–Crippen MR) is 119 cm³/mol. The van der Waals surface area contributed by atoms with Crippen molar-refractivity contribution in [1.29, 1.82) is 0 Å². The third-order valence-electron chi connectivity index (χ3n) is 4.76. The van der Waals surface area contributed by atoms with Gasteiger partial charge in [0.15, 0.2) is 17.3 Å². The van der Waals surface area contributed by atoms with Gasteiger partial charge in [-0.25, -0.2) is 4.98 Å². The minimum atomic E-state index is -0.436. The number of unbranched alkanes of at least 4 members (excludes halogenated alkanes) is 2. The zero-order valence-electron chi connectivity index (χ0n) is 19.1. The summed E-state index contributed by atoms with van der Waals surface area (Å²) < 4.78 is 18.1. The Balaban J connectivity index is 1.69. The molecule has 0 saturated heterocycles. The number of nitrogens with zero attached hydrogens (tertiary/aromatic N) is 4. The summed E-state index contributed by atoms with van der Waals surface area (Å²) in [5, 5.41) is 11.9. The molecule has 0 fully saturated rings. The molecule has 0 unspecified atom stereocenters. The molecule has 0 bridgehead atoms. The second kappa shape index (κ2) is 9.36. The summed E-state index contributed by atoms with van der Waals surface area (Å²) in [5.41, 5.74) is 1.82. The van der Waals surface area contributed by atoms with Crippen LogP contribution in [0.4, 0.5) is 5.82 Å². The molecule has 0 aliphatic carbocycles. The number of methoxy groups -OCH3 is 2. The number of ether oxygens (including phenoxy) is 3. The number of hydrogen-bond acceptors (Lipinski definition) is 8. The molecule has 9 heteroatoms. The highest BCUT2D eigenvalue weighted by Gasteiger charge is 2.17. The van der Waals surface area contributed by atoms with E-state index in [1.54, 1.807) is 14.2 Å². The normalized spacial score (nSPS) is 11.7. The van der Waals surface area contributed by atoms with Crippen LogP contribution in [-0.2, 0) is 9.53 Å². The molecule has 0 aliphatic rings. The monoisotopic (exact) mass is 429 g/mol. The van der Waals surface area contributed by atoms with E-state index in [1.807, 2.05) is 44.2 Å². The zero-order chi connectivity index (χ0) is 22.6. The van der Waals surface area contributed by atoms with Crippen molar-refractivity contribution in [2.24, 2.45) is 0 Å². The van der Waals surface area contributed by atoms with E-state index in [-0.39, 0.29) is 5.97 Å². The predicted octanol–water partition coefficient (Wildman–Crippen LogP) is 3.92. The Labute approximate surface area is 182 Å². The first kappa shape index (κ1) is 22.6. The average molecular weight is 430 g/mol. The second-order valence-electron chi connectivity index (χ2n) is 8.39. The van der Waals surface area contributed by atoms with Crippen LogP contribution in [0.3, 0.4) is 0 Å². The van der Waals surface area contributed by atoms with Crippen LogP contribution in [-0.4, -0.2) is 51.9 Å². The molecule has 168 valence electrons. The van der Waals surface area contributed by atoms with Crippen molar-refractivity contribution in [1.82, 2.24) is 19.6 Å². The Kier molecular flexibility index (Phi) is 6.82. The summed E-state index contributed by atoms with van der Waals surface area (Å²) in [7, 11) is 3.20. The molecule has 0 aliphatic heterocycles. The quantitative estimate of drug-likeness (QED) is 0.404. The van der Waals surface area contributed by atoms with Gasteiger partial charge in [0.1, 0.15) is 11.4 Å². The largest absolute Gasteiger partial charge is 0.493 e. The number of hydrogen-bond donors (Lipinski definition) is 1. The van der Waals surface area contributed by atoms with Gasteiger partial charge in [-0.05, 0) is 40.5 Å². The summed E-state index contributed by atoms with van der Waals surface area (Å²) in [6, 6.07) is 3.73.